The number of hydrogen-bond acceptors (Lipinski definition) is 7. The van der Waals surface area contributed by atoms with Gasteiger partial charge >= 0.3 is 0 Å². The van der Waals surface area contributed by atoms with E-state index in [2.05, 4.69) is 15.3 Å². The maximum Gasteiger partial charge on any atom is 0.264 e. The van der Waals surface area contributed by atoms with Gasteiger partial charge in [-0.1, -0.05) is 11.6 Å². The van der Waals surface area contributed by atoms with E-state index in [1.807, 2.05) is 18.7 Å². The first-order valence-electron chi connectivity index (χ1n) is 10.3. The lowest BCUT2D eigenvalue weighted by atomic mass is 10.1. The molecular weight excluding hydrogens is 472 g/mol. The first-order valence-corrected chi connectivity index (χ1v) is 11.5. The van der Waals surface area contributed by atoms with E-state index in [4.69, 9.17) is 22.1 Å². The van der Waals surface area contributed by atoms with Gasteiger partial charge in [0.25, 0.3) is 11.8 Å². The highest BCUT2D eigenvalue weighted by Gasteiger charge is 2.26. The van der Waals surface area contributed by atoms with E-state index in [-0.39, 0.29) is 46.9 Å². The number of aromatic nitrogens is 2. The van der Waals surface area contributed by atoms with Crippen molar-refractivity contribution < 1.29 is 18.3 Å². The fourth-order valence-corrected chi connectivity index (χ4v) is 4.82. The Kier molecular flexibility index (Phi) is 6.78. The predicted octanol–water partition coefficient (Wildman–Crippen LogP) is 4.12. The molecule has 0 spiro atoms. The molecule has 0 bridgehead atoms. The van der Waals surface area contributed by atoms with E-state index in [1.165, 1.54) is 17.5 Å². The minimum atomic E-state index is -0.756. The summed E-state index contributed by atoms with van der Waals surface area (Å²) in [5, 5.41) is 3.04. The van der Waals surface area contributed by atoms with Crippen LogP contribution in [0, 0.1) is 11.6 Å². The van der Waals surface area contributed by atoms with Crippen molar-refractivity contribution in [1.29, 1.82) is 0 Å². The Labute approximate surface area is 198 Å². The van der Waals surface area contributed by atoms with Crippen LogP contribution in [0.4, 0.5) is 14.6 Å². The Morgan fingerprint density at radius 1 is 1.24 bits per heavy atom. The lowest BCUT2D eigenvalue weighted by Gasteiger charge is -2.35. The van der Waals surface area contributed by atoms with Crippen LogP contribution in [0.2, 0.25) is 5.02 Å². The molecule has 11 heteroatoms. The van der Waals surface area contributed by atoms with Crippen LogP contribution < -0.4 is 15.8 Å². The Morgan fingerprint density at radius 2 is 1.94 bits per heavy atom. The summed E-state index contributed by atoms with van der Waals surface area (Å²) >= 11 is 7.13. The molecule has 1 aliphatic rings. The van der Waals surface area contributed by atoms with Crippen LogP contribution in [0.25, 0.3) is 10.6 Å². The van der Waals surface area contributed by atoms with Gasteiger partial charge in [0.15, 0.2) is 5.82 Å². The Morgan fingerprint density at radius 3 is 2.67 bits per heavy atom. The van der Waals surface area contributed by atoms with Gasteiger partial charge < -0.3 is 20.7 Å². The number of nitrogens with two attached hydrogens (primary N) is 1. The summed E-state index contributed by atoms with van der Waals surface area (Å²) in [6.45, 7) is 4.98. The van der Waals surface area contributed by atoms with Crippen LogP contribution in [-0.2, 0) is 6.61 Å². The molecule has 3 N–H and O–H groups in total. The summed E-state index contributed by atoms with van der Waals surface area (Å²) in [5.41, 5.74) is 6.15. The van der Waals surface area contributed by atoms with E-state index in [0.717, 1.165) is 12.1 Å². The van der Waals surface area contributed by atoms with E-state index in [0.29, 0.717) is 28.5 Å². The number of amides is 1. The van der Waals surface area contributed by atoms with Gasteiger partial charge in [-0.05, 0) is 38.1 Å². The molecule has 174 valence electrons. The number of ether oxygens (including phenoxy) is 1. The van der Waals surface area contributed by atoms with Crippen molar-refractivity contribution >= 4 is 34.7 Å². The molecule has 7 nitrogen and oxygen atoms in total. The van der Waals surface area contributed by atoms with Crippen LogP contribution in [-0.4, -0.2) is 45.9 Å². The van der Waals surface area contributed by atoms with Crippen molar-refractivity contribution in [3.8, 4) is 16.5 Å². The molecule has 2 unspecified atom stereocenters. The Hall–Kier alpha value is -2.82. The second kappa shape index (κ2) is 9.58. The molecule has 2 aromatic heterocycles. The highest BCUT2D eigenvalue weighted by Crippen LogP contribution is 2.31. The molecule has 1 aliphatic heterocycles. The van der Waals surface area contributed by atoms with E-state index >= 15 is 0 Å². The highest BCUT2D eigenvalue weighted by atomic mass is 35.5. The number of benzene rings is 1. The average molecular weight is 494 g/mol. The lowest BCUT2D eigenvalue weighted by molar-refractivity contribution is 0.0678. The second-order valence-corrected chi connectivity index (χ2v) is 9.36. The van der Waals surface area contributed by atoms with Crippen molar-refractivity contribution in [1.82, 2.24) is 20.2 Å². The van der Waals surface area contributed by atoms with Crippen molar-refractivity contribution in [3.63, 3.8) is 0 Å². The van der Waals surface area contributed by atoms with Gasteiger partial charge in [-0.25, -0.2) is 18.7 Å². The van der Waals surface area contributed by atoms with Gasteiger partial charge in [0.2, 0.25) is 0 Å². The Bertz CT molecular complexity index is 1180. The second-order valence-electron chi connectivity index (χ2n) is 7.90. The monoisotopic (exact) mass is 493 g/mol. The fraction of sp³-hybridized carbons (Fsp3) is 0.318. The molecule has 2 atom stereocenters. The minimum absolute atomic E-state index is 0.0108. The summed E-state index contributed by atoms with van der Waals surface area (Å²) in [7, 11) is 0. The van der Waals surface area contributed by atoms with Gasteiger partial charge in [-0.3, -0.25) is 4.79 Å². The number of carbonyl (C=O) groups is 1. The highest BCUT2D eigenvalue weighted by molar-refractivity contribution is 7.17. The predicted molar refractivity (Wildman–Crippen MR) is 123 cm³/mol. The third kappa shape index (κ3) is 5.07. The molecule has 1 fully saturated rings. The number of anilines is 1. The summed E-state index contributed by atoms with van der Waals surface area (Å²) in [4.78, 5) is 24.5. The number of nitrogens with one attached hydrogen (secondary N) is 1. The number of piperazine rings is 1. The number of thiophene rings is 1. The van der Waals surface area contributed by atoms with Crippen LogP contribution in [0.3, 0.4) is 0 Å². The van der Waals surface area contributed by atoms with Crippen LogP contribution in [0.1, 0.15) is 29.1 Å². The summed E-state index contributed by atoms with van der Waals surface area (Å²) in [6.07, 6.45) is 1.47. The maximum absolute atomic E-state index is 14.0. The topological polar surface area (TPSA) is 93.4 Å². The molecule has 1 saturated heterocycles. The normalized spacial score (nSPS) is 18.4. The molecule has 33 heavy (non-hydrogen) atoms. The van der Waals surface area contributed by atoms with Crippen LogP contribution in [0.15, 0.2) is 30.5 Å². The number of hydrogen-bond donors (Lipinski definition) is 2. The summed E-state index contributed by atoms with van der Waals surface area (Å²) < 4.78 is 33.2. The number of rotatable bonds is 5. The third-order valence-corrected chi connectivity index (χ3v) is 6.68. The van der Waals surface area contributed by atoms with E-state index in [9.17, 15) is 13.6 Å². The molecular formula is C22H22ClF2N5O2S. The van der Waals surface area contributed by atoms with Gasteiger partial charge in [0.05, 0.1) is 21.0 Å². The largest absolute Gasteiger partial charge is 0.470 e. The first-order chi connectivity index (χ1) is 15.7. The molecule has 1 amide bonds. The average Bonchev–Trinajstić information content (AvgIpc) is 3.26. The first kappa shape index (κ1) is 23.3. The Balaban J connectivity index is 1.52. The van der Waals surface area contributed by atoms with Crippen molar-refractivity contribution in [2.75, 3.05) is 18.8 Å². The van der Waals surface area contributed by atoms with E-state index < -0.39 is 11.6 Å². The van der Waals surface area contributed by atoms with Gasteiger partial charge in [-0.2, -0.15) is 0 Å². The van der Waals surface area contributed by atoms with Crippen LogP contribution in [0.5, 0.6) is 5.88 Å². The summed E-state index contributed by atoms with van der Waals surface area (Å²) in [5.74, 6) is -1.56. The molecule has 0 aliphatic carbocycles. The standard InChI is InChI=1S/C22H22ClF2N5O2S/c1-11-8-30(9-12(2)28-11)22(31)18-6-5-17(33-18)16-7-27-20(26)21(29-16)32-10-13-14(24)3-4-15(25)19(13)23/h3-7,11-12,28H,8-10H2,1-2H3,(H2,26,27). The van der Waals surface area contributed by atoms with E-state index in [1.54, 1.807) is 12.1 Å². The summed E-state index contributed by atoms with van der Waals surface area (Å²) in [6, 6.07) is 5.87. The van der Waals surface area contributed by atoms with Gasteiger partial charge in [0, 0.05) is 30.7 Å². The third-order valence-electron chi connectivity index (χ3n) is 5.17. The zero-order valence-corrected chi connectivity index (χ0v) is 19.5. The minimum Gasteiger partial charge on any atom is -0.470 e. The molecule has 1 aromatic carbocycles. The fourth-order valence-electron chi connectivity index (χ4n) is 3.69. The smallest absolute Gasteiger partial charge is 0.264 e. The number of nitrogen functional groups attached to an aromatic ring is 1. The maximum atomic E-state index is 14.0. The molecule has 0 saturated carbocycles. The number of carbonyl (C=O) groups excluding carboxylic acids is 1. The number of halogens is 3. The van der Waals surface area contributed by atoms with Crippen molar-refractivity contribution in [2.24, 2.45) is 0 Å². The van der Waals surface area contributed by atoms with Crippen LogP contribution >= 0.6 is 22.9 Å². The van der Waals surface area contributed by atoms with Crippen molar-refractivity contribution in [2.45, 2.75) is 32.5 Å². The lowest BCUT2D eigenvalue weighted by Crippen LogP contribution is -2.55. The van der Waals surface area contributed by atoms with Crippen molar-refractivity contribution in [3.05, 3.63) is 57.6 Å². The molecule has 3 aromatic rings. The van der Waals surface area contributed by atoms with Gasteiger partial charge in [0.1, 0.15) is 23.9 Å². The zero-order valence-electron chi connectivity index (χ0n) is 17.9. The quantitative estimate of drug-likeness (QED) is 0.519. The molecule has 3 heterocycles. The zero-order chi connectivity index (χ0) is 23.7. The molecule has 0 radical (unpaired) electrons. The number of nitrogens with zero attached hydrogens (tertiary/aromatic N) is 3. The molecule has 4 rings (SSSR count). The SMILES string of the molecule is CC1CN(C(=O)c2ccc(-c3cnc(N)c(OCc4c(F)ccc(F)c4Cl)n3)s2)CC(C)N1. The van der Waals surface area contributed by atoms with Gasteiger partial charge in [-0.15, -0.1) is 11.3 Å².